The number of nitrogens with zero attached hydrogens (tertiary/aromatic N) is 4. The zero-order valence-electron chi connectivity index (χ0n) is 14.1. The molecule has 1 fully saturated rings. The second-order valence-corrected chi connectivity index (χ2v) is 5.43. The van der Waals surface area contributed by atoms with Gasteiger partial charge in [-0.2, -0.15) is 0 Å². The molecule has 0 spiro atoms. The molecular formula is C12H31B3N4. The molecule has 0 unspecified atom stereocenters. The van der Waals surface area contributed by atoms with E-state index in [1.54, 1.807) is 0 Å². The van der Waals surface area contributed by atoms with Gasteiger partial charge < -0.3 is 19.0 Å². The molecule has 1 saturated heterocycles. The zero-order chi connectivity index (χ0) is 14.6. The van der Waals surface area contributed by atoms with Crippen molar-refractivity contribution in [3.8, 4) is 0 Å². The maximum absolute atomic E-state index is 2.65. The van der Waals surface area contributed by atoms with E-state index in [2.05, 4.69) is 67.5 Å². The Hall–Kier alpha value is 0.0348. The van der Waals surface area contributed by atoms with E-state index in [1.165, 1.54) is 6.32 Å². The maximum Gasteiger partial charge on any atom is 0.382 e. The lowest BCUT2D eigenvalue weighted by molar-refractivity contribution is 0.376. The second kappa shape index (κ2) is 7.72. The molecule has 1 aliphatic heterocycles. The molecule has 0 aromatic heterocycles. The third kappa shape index (κ3) is 3.21. The van der Waals surface area contributed by atoms with E-state index in [9.17, 15) is 0 Å². The van der Waals surface area contributed by atoms with Crippen LogP contribution in [0.4, 0.5) is 0 Å². The molecule has 0 N–H and O–H groups in total. The fraction of sp³-hybridized carbons (Fsp3) is 1.00. The van der Waals surface area contributed by atoms with Crippen LogP contribution < -0.4 is 0 Å². The Balaban J connectivity index is 3.10. The molecule has 0 saturated carbocycles. The van der Waals surface area contributed by atoms with Gasteiger partial charge in [-0.1, -0.05) is 41.4 Å². The highest BCUT2D eigenvalue weighted by atomic mass is 15.4. The molecule has 0 atom stereocenters. The smallest absolute Gasteiger partial charge is 0.357 e. The fourth-order valence-electron chi connectivity index (χ4n) is 3.58. The van der Waals surface area contributed by atoms with Gasteiger partial charge in [-0.25, -0.2) is 0 Å². The number of hydrogen-bond donors (Lipinski definition) is 0. The van der Waals surface area contributed by atoms with Crippen molar-refractivity contribution in [1.82, 2.24) is 19.0 Å². The predicted octanol–water partition coefficient (Wildman–Crippen LogP) is 1.53. The van der Waals surface area contributed by atoms with Crippen molar-refractivity contribution in [3.05, 3.63) is 0 Å². The average molecular weight is 264 g/mol. The van der Waals surface area contributed by atoms with Crippen LogP contribution in [0.2, 0.25) is 13.1 Å². The van der Waals surface area contributed by atoms with E-state index < -0.39 is 0 Å². The summed E-state index contributed by atoms with van der Waals surface area (Å²) in [6.45, 7) is 19.3. The van der Waals surface area contributed by atoms with E-state index in [4.69, 9.17) is 0 Å². The average Bonchev–Trinajstić information content (AvgIpc) is 2.44. The largest absolute Gasteiger partial charge is 0.382 e. The first kappa shape index (κ1) is 17.1. The van der Waals surface area contributed by atoms with Crippen LogP contribution in [0, 0.1) is 0 Å². The molecule has 0 amide bonds. The van der Waals surface area contributed by atoms with Gasteiger partial charge in [0.1, 0.15) is 0 Å². The third-order valence-corrected chi connectivity index (χ3v) is 4.67. The standard InChI is InChI=1S/C12H31B3N4/c1-8-14-17(10-3)13(6)18(11-4)15(16(7)9-2)19(14)12-5/h8-12H2,1-7H3. The Kier molecular flexibility index (Phi) is 6.94. The van der Waals surface area contributed by atoms with Gasteiger partial charge in [-0.05, 0) is 39.5 Å². The summed E-state index contributed by atoms with van der Waals surface area (Å²) >= 11 is 0. The first-order chi connectivity index (χ1) is 9.06. The van der Waals surface area contributed by atoms with Crippen LogP contribution in [0.25, 0.3) is 0 Å². The summed E-state index contributed by atoms with van der Waals surface area (Å²) < 4.78 is 7.90. The Bertz CT molecular complexity index is 269. The predicted molar refractivity (Wildman–Crippen MR) is 89.1 cm³/mol. The zero-order valence-corrected chi connectivity index (χ0v) is 14.1. The van der Waals surface area contributed by atoms with Gasteiger partial charge in [0.05, 0.1) is 0 Å². The van der Waals surface area contributed by atoms with Crippen LogP contribution in [0.15, 0.2) is 0 Å². The molecule has 108 valence electrons. The van der Waals surface area contributed by atoms with Crippen LogP contribution in [-0.4, -0.2) is 73.3 Å². The van der Waals surface area contributed by atoms with Crippen molar-refractivity contribution in [2.45, 2.75) is 47.8 Å². The molecule has 1 rings (SSSR count). The Morgan fingerprint density at radius 3 is 1.74 bits per heavy atom. The van der Waals surface area contributed by atoms with Gasteiger partial charge in [-0.15, -0.1) is 0 Å². The molecule has 0 aliphatic carbocycles. The maximum atomic E-state index is 2.65. The molecule has 0 aromatic rings. The van der Waals surface area contributed by atoms with Gasteiger partial charge >= 0.3 is 7.12 Å². The molecule has 0 bridgehead atoms. The molecule has 4 nitrogen and oxygen atoms in total. The quantitative estimate of drug-likeness (QED) is 0.674. The van der Waals surface area contributed by atoms with Crippen molar-refractivity contribution in [2.24, 2.45) is 0 Å². The molecule has 19 heavy (non-hydrogen) atoms. The fourth-order valence-corrected chi connectivity index (χ4v) is 3.58. The minimum absolute atomic E-state index is 0.433. The Labute approximate surface area is 121 Å². The molecule has 0 radical (unpaired) electrons. The number of rotatable bonds is 6. The van der Waals surface area contributed by atoms with Gasteiger partial charge in [-0.3, -0.25) is 0 Å². The van der Waals surface area contributed by atoms with Crippen molar-refractivity contribution in [1.29, 1.82) is 0 Å². The summed E-state index contributed by atoms with van der Waals surface area (Å²) in [6, 6.07) is 0. The van der Waals surface area contributed by atoms with Crippen molar-refractivity contribution in [2.75, 3.05) is 33.2 Å². The topological polar surface area (TPSA) is 13.0 Å². The normalized spacial score (nSPS) is 19.9. The molecule has 7 heteroatoms. The highest BCUT2D eigenvalue weighted by Crippen LogP contribution is 2.22. The summed E-state index contributed by atoms with van der Waals surface area (Å²) in [6.07, 6.45) is 1.19. The molecule has 1 heterocycles. The van der Waals surface area contributed by atoms with Crippen molar-refractivity contribution in [3.63, 3.8) is 0 Å². The monoisotopic (exact) mass is 264 g/mol. The van der Waals surface area contributed by atoms with Gasteiger partial charge in [0, 0.05) is 0 Å². The van der Waals surface area contributed by atoms with Crippen molar-refractivity contribution >= 4 is 21.1 Å². The van der Waals surface area contributed by atoms with Gasteiger partial charge in [0.15, 0.2) is 0 Å². The van der Waals surface area contributed by atoms with E-state index in [0.717, 1.165) is 26.2 Å². The Morgan fingerprint density at radius 2 is 1.37 bits per heavy atom. The first-order valence-corrected chi connectivity index (χ1v) is 8.04. The highest BCUT2D eigenvalue weighted by molar-refractivity contribution is 6.84. The van der Waals surface area contributed by atoms with Crippen LogP contribution >= 0.6 is 0 Å². The van der Waals surface area contributed by atoms with E-state index in [1.807, 2.05) is 0 Å². The van der Waals surface area contributed by atoms with Gasteiger partial charge in [0.2, 0.25) is 0 Å². The lowest BCUT2D eigenvalue weighted by Gasteiger charge is -2.54. The summed E-state index contributed by atoms with van der Waals surface area (Å²) in [5.41, 5.74) is 0. The lowest BCUT2D eigenvalue weighted by Crippen LogP contribution is -2.79. The van der Waals surface area contributed by atoms with E-state index >= 15 is 0 Å². The molecular weight excluding hydrogens is 233 g/mol. The Morgan fingerprint density at radius 1 is 0.842 bits per heavy atom. The number of hydrogen-bond acceptors (Lipinski definition) is 4. The molecule has 0 aromatic carbocycles. The van der Waals surface area contributed by atoms with Crippen LogP contribution in [0.3, 0.4) is 0 Å². The summed E-state index contributed by atoms with van der Waals surface area (Å²) in [4.78, 5) is 2.47. The first-order valence-electron chi connectivity index (χ1n) is 8.04. The minimum Gasteiger partial charge on any atom is -0.357 e. The van der Waals surface area contributed by atoms with Crippen LogP contribution in [0.5, 0.6) is 0 Å². The SMILES string of the molecule is CCB1N(CC)B(C)N(CC)B(N(C)CC)N1CC. The second-order valence-electron chi connectivity index (χ2n) is 5.43. The molecule has 1 aliphatic rings. The summed E-state index contributed by atoms with van der Waals surface area (Å²) in [7, 11) is 2.68. The van der Waals surface area contributed by atoms with Crippen LogP contribution in [0.1, 0.15) is 34.6 Å². The van der Waals surface area contributed by atoms with Crippen LogP contribution in [-0.2, 0) is 0 Å². The van der Waals surface area contributed by atoms with Gasteiger partial charge in [0.25, 0.3) is 14.0 Å². The van der Waals surface area contributed by atoms with Crippen molar-refractivity contribution < 1.29 is 0 Å². The minimum atomic E-state index is 0.433. The lowest BCUT2D eigenvalue weighted by atomic mass is 9.45. The summed E-state index contributed by atoms with van der Waals surface area (Å²) in [5, 5.41) is 0. The van der Waals surface area contributed by atoms with E-state index in [-0.39, 0.29) is 0 Å². The highest BCUT2D eigenvalue weighted by Gasteiger charge is 2.49. The summed E-state index contributed by atoms with van der Waals surface area (Å²) in [5.74, 6) is 0. The third-order valence-electron chi connectivity index (χ3n) is 4.67. The van der Waals surface area contributed by atoms with E-state index in [0.29, 0.717) is 21.1 Å².